The number of rotatable bonds is 4. The minimum absolute atomic E-state index is 0.117. The third-order valence-corrected chi connectivity index (χ3v) is 5.31. The first-order valence-corrected chi connectivity index (χ1v) is 9.67. The highest BCUT2D eigenvalue weighted by Gasteiger charge is 2.22. The van der Waals surface area contributed by atoms with Crippen molar-refractivity contribution in [2.24, 2.45) is 0 Å². The number of aromatic nitrogens is 2. The van der Waals surface area contributed by atoms with E-state index in [1.807, 2.05) is 12.1 Å². The summed E-state index contributed by atoms with van der Waals surface area (Å²) in [6, 6.07) is 13.4. The second kappa shape index (κ2) is 8.43. The summed E-state index contributed by atoms with van der Waals surface area (Å²) in [4.78, 5) is 33.4. The minimum atomic E-state index is -0.510. The number of amides is 1. The molecule has 152 valence electrons. The maximum Gasteiger partial charge on any atom is 0.261 e. The van der Waals surface area contributed by atoms with Gasteiger partial charge in [-0.2, -0.15) is 5.26 Å². The monoisotopic (exact) mass is 405 g/mol. The average molecular weight is 405 g/mol. The lowest BCUT2D eigenvalue weighted by Crippen LogP contribution is -2.49. The van der Waals surface area contributed by atoms with Crippen LogP contribution in [0.1, 0.15) is 11.1 Å². The van der Waals surface area contributed by atoms with Crippen LogP contribution in [0.25, 0.3) is 10.9 Å². The Bertz CT molecular complexity index is 1170. The first-order valence-electron chi connectivity index (χ1n) is 9.67. The van der Waals surface area contributed by atoms with Gasteiger partial charge in [0.1, 0.15) is 12.4 Å². The largest absolute Gasteiger partial charge is 0.339 e. The van der Waals surface area contributed by atoms with E-state index in [1.165, 1.54) is 23.0 Å². The first kappa shape index (κ1) is 19.7. The Morgan fingerprint density at radius 3 is 2.53 bits per heavy atom. The maximum absolute atomic E-state index is 13.5. The van der Waals surface area contributed by atoms with Crippen LogP contribution in [0.4, 0.5) is 4.39 Å². The van der Waals surface area contributed by atoms with Crippen molar-refractivity contribution in [1.82, 2.24) is 19.4 Å². The normalized spacial score (nSPS) is 14.6. The fourth-order valence-corrected chi connectivity index (χ4v) is 3.59. The van der Waals surface area contributed by atoms with Crippen molar-refractivity contribution >= 4 is 16.8 Å². The Morgan fingerprint density at radius 1 is 1.10 bits per heavy atom. The van der Waals surface area contributed by atoms with Crippen LogP contribution in [0.3, 0.4) is 0 Å². The molecule has 1 aliphatic heterocycles. The number of hydrogen-bond donors (Lipinski definition) is 0. The average Bonchev–Trinajstić information content (AvgIpc) is 2.77. The van der Waals surface area contributed by atoms with Crippen molar-refractivity contribution in [1.29, 1.82) is 5.26 Å². The lowest BCUT2D eigenvalue weighted by molar-refractivity contribution is -0.133. The zero-order chi connectivity index (χ0) is 21.1. The highest BCUT2D eigenvalue weighted by molar-refractivity contribution is 5.79. The van der Waals surface area contributed by atoms with E-state index in [9.17, 15) is 14.0 Å². The molecule has 0 bridgehead atoms. The molecule has 30 heavy (non-hydrogen) atoms. The molecule has 0 spiro atoms. The van der Waals surface area contributed by atoms with Gasteiger partial charge >= 0.3 is 0 Å². The molecule has 0 unspecified atom stereocenters. The first-order chi connectivity index (χ1) is 14.5. The van der Waals surface area contributed by atoms with Crippen LogP contribution in [0.2, 0.25) is 0 Å². The predicted octanol–water partition coefficient (Wildman–Crippen LogP) is 1.75. The molecule has 8 heteroatoms. The summed E-state index contributed by atoms with van der Waals surface area (Å²) in [7, 11) is 0. The summed E-state index contributed by atoms with van der Waals surface area (Å²) in [5, 5.41) is 9.04. The lowest BCUT2D eigenvalue weighted by atomic mass is 10.1. The minimum Gasteiger partial charge on any atom is -0.339 e. The molecular weight excluding hydrogens is 385 g/mol. The fourth-order valence-electron chi connectivity index (χ4n) is 3.59. The van der Waals surface area contributed by atoms with Crippen LogP contribution in [0, 0.1) is 17.1 Å². The van der Waals surface area contributed by atoms with E-state index in [4.69, 9.17) is 5.26 Å². The molecule has 0 radical (unpaired) electrons. The van der Waals surface area contributed by atoms with Crippen molar-refractivity contribution in [3.8, 4) is 6.07 Å². The molecule has 1 saturated heterocycles. The molecule has 4 rings (SSSR count). The highest BCUT2D eigenvalue weighted by Crippen LogP contribution is 2.11. The van der Waals surface area contributed by atoms with Crippen LogP contribution in [0.5, 0.6) is 0 Å². The number of fused-ring (bicyclic) bond motifs is 1. The summed E-state index contributed by atoms with van der Waals surface area (Å²) in [6.07, 6.45) is 1.33. The Morgan fingerprint density at radius 2 is 1.83 bits per heavy atom. The van der Waals surface area contributed by atoms with Gasteiger partial charge in [-0.25, -0.2) is 9.37 Å². The second-order valence-corrected chi connectivity index (χ2v) is 7.30. The summed E-state index contributed by atoms with van der Waals surface area (Å²) in [5.74, 6) is -0.670. The van der Waals surface area contributed by atoms with Gasteiger partial charge < -0.3 is 4.90 Å². The number of carbonyl (C=O) groups is 1. The van der Waals surface area contributed by atoms with E-state index in [2.05, 4.69) is 16.0 Å². The van der Waals surface area contributed by atoms with Crippen molar-refractivity contribution in [3.05, 3.63) is 76.1 Å². The van der Waals surface area contributed by atoms with Gasteiger partial charge in [-0.1, -0.05) is 12.1 Å². The number of nitriles is 1. The molecule has 1 aliphatic rings. The molecule has 1 fully saturated rings. The van der Waals surface area contributed by atoms with E-state index >= 15 is 0 Å². The molecule has 1 amide bonds. The molecule has 2 aromatic carbocycles. The van der Waals surface area contributed by atoms with E-state index in [0.717, 1.165) is 31.3 Å². The summed E-state index contributed by atoms with van der Waals surface area (Å²) >= 11 is 0. The Kier molecular flexibility index (Phi) is 5.55. The number of hydrogen-bond acceptors (Lipinski definition) is 5. The van der Waals surface area contributed by atoms with Gasteiger partial charge in [0.05, 0.1) is 28.9 Å². The Balaban J connectivity index is 1.36. The number of benzene rings is 2. The van der Waals surface area contributed by atoms with Gasteiger partial charge in [0.15, 0.2) is 0 Å². The molecule has 0 aliphatic carbocycles. The van der Waals surface area contributed by atoms with Gasteiger partial charge in [-0.15, -0.1) is 0 Å². The molecule has 7 nitrogen and oxygen atoms in total. The number of nitrogens with zero attached hydrogens (tertiary/aromatic N) is 5. The third kappa shape index (κ3) is 4.21. The Hall–Kier alpha value is -3.57. The van der Waals surface area contributed by atoms with Gasteiger partial charge in [0.2, 0.25) is 5.91 Å². The standard InChI is InChI=1S/C22H20FN5O2/c23-18-5-6-20-19(11-18)22(30)28(15-25-20)14-21(29)27-9-7-26(8-10-27)13-17-3-1-16(12-24)2-4-17/h1-6,11,15H,7-10,13-14H2. The fraction of sp³-hybridized carbons (Fsp3) is 0.273. The van der Waals surface area contributed by atoms with Gasteiger partial charge in [0.25, 0.3) is 5.56 Å². The smallest absolute Gasteiger partial charge is 0.261 e. The summed E-state index contributed by atoms with van der Waals surface area (Å²) in [5.41, 5.74) is 1.74. The van der Waals surface area contributed by atoms with Crippen LogP contribution < -0.4 is 5.56 Å². The van der Waals surface area contributed by atoms with Gasteiger partial charge in [0, 0.05) is 32.7 Å². The zero-order valence-electron chi connectivity index (χ0n) is 16.3. The van der Waals surface area contributed by atoms with Gasteiger partial charge in [-0.05, 0) is 35.9 Å². The SMILES string of the molecule is N#Cc1ccc(CN2CCN(C(=O)Cn3cnc4ccc(F)cc4c3=O)CC2)cc1. The van der Waals surface area contributed by atoms with E-state index < -0.39 is 11.4 Å². The second-order valence-electron chi connectivity index (χ2n) is 7.30. The van der Waals surface area contributed by atoms with Crippen molar-refractivity contribution in [2.75, 3.05) is 26.2 Å². The molecule has 1 aromatic heterocycles. The molecule has 0 saturated carbocycles. The Labute approximate surface area is 172 Å². The van der Waals surface area contributed by atoms with Crippen LogP contribution in [0.15, 0.2) is 53.6 Å². The molecule has 2 heterocycles. The number of halogens is 1. The number of carbonyl (C=O) groups excluding carboxylic acids is 1. The molecule has 3 aromatic rings. The lowest BCUT2D eigenvalue weighted by Gasteiger charge is -2.34. The molecule has 0 N–H and O–H groups in total. The van der Waals surface area contributed by atoms with E-state index in [1.54, 1.807) is 17.0 Å². The van der Waals surface area contributed by atoms with Gasteiger partial charge in [-0.3, -0.25) is 19.1 Å². The quantitative estimate of drug-likeness (QED) is 0.661. The van der Waals surface area contributed by atoms with Crippen molar-refractivity contribution in [3.63, 3.8) is 0 Å². The van der Waals surface area contributed by atoms with Crippen LogP contribution in [-0.4, -0.2) is 51.4 Å². The summed E-state index contributed by atoms with van der Waals surface area (Å²) < 4.78 is 14.7. The zero-order valence-corrected chi connectivity index (χ0v) is 16.3. The topological polar surface area (TPSA) is 82.2 Å². The maximum atomic E-state index is 13.5. The molecule has 0 atom stereocenters. The highest BCUT2D eigenvalue weighted by atomic mass is 19.1. The van der Waals surface area contributed by atoms with E-state index in [0.29, 0.717) is 24.2 Å². The predicted molar refractivity (Wildman–Crippen MR) is 109 cm³/mol. The summed E-state index contributed by atoms with van der Waals surface area (Å²) in [6.45, 7) is 3.23. The number of piperazine rings is 1. The van der Waals surface area contributed by atoms with Crippen molar-refractivity contribution < 1.29 is 9.18 Å². The van der Waals surface area contributed by atoms with Crippen molar-refractivity contribution in [2.45, 2.75) is 13.1 Å². The van der Waals surface area contributed by atoms with E-state index in [-0.39, 0.29) is 17.8 Å². The van der Waals surface area contributed by atoms with Crippen LogP contribution >= 0.6 is 0 Å². The third-order valence-electron chi connectivity index (χ3n) is 5.31. The molecular formula is C22H20FN5O2. The van der Waals surface area contributed by atoms with Crippen LogP contribution in [-0.2, 0) is 17.9 Å².